The van der Waals surface area contributed by atoms with Gasteiger partial charge in [-0.25, -0.2) is 9.59 Å². The number of carbonyl (C=O) groups is 2. The third-order valence-corrected chi connectivity index (χ3v) is 5.88. The smallest absolute Gasteiger partial charge is 0.350 e. The van der Waals surface area contributed by atoms with E-state index in [1.54, 1.807) is 23.3 Å². The lowest BCUT2D eigenvalue weighted by atomic mass is 10.1. The molecule has 9 heteroatoms. The van der Waals surface area contributed by atoms with Crippen molar-refractivity contribution in [1.82, 2.24) is 9.80 Å². The maximum Gasteiger partial charge on any atom is 0.350 e. The van der Waals surface area contributed by atoms with Gasteiger partial charge in [-0.1, -0.05) is 13.0 Å². The number of anilines is 1. The third-order valence-electron chi connectivity index (χ3n) is 4.99. The molecule has 1 aromatic carbocycles. The predicted octanol–water partition coefficient (Wildman–Crippen LogP) is 3.12. The molecular formula is C21H27N3O5S. The summed E-state index contributed by atoms with van der Waals surface area (Å²) in [4.78, 5) is 28.7. The highest BCUT2D eigenvalue weighted by molar-refractivity contribution is 7.12. The minimum absolute atomic E-state index is 0.306. The number of urea groups is 1. The second kappa shape index (κ2) is 9.92. The highest BCUT2D eigenvalue weighted by Gasteiger charge is 2.23. The number of rotatable bonds is 6. The number of aliphatic hydroxyl groups excluding tert-OH is 1. The Labute approximate surface area is 180 Å². The summed E-state index contributed by atoms with van der Waals surface area (Å²) in [6.45, 7) is 6.25. The summed E-state index contributed by atoms with van der Waals surface area (Å²) in [7, 11) is 1.31. The fourth-order valence-electron chi connectivity index (χ4n) is 3.31. The molecular weight excluding hydrogens is 406 g/mol. The second-order valence-electron chi connectivity index (χ2n) is 6.99. The number of ether oxygens (including phenoxy) is 2. The number of thiophene rings is 1. The van der Waals surface area contributed by atoms with Crippen LogP contribution in [0.4, 0.5) is 10.5 Å². The van der Waals surface area contributed by atoms with Crippen LogP contribution in [0, 0.1) is 0 Å². The van der Waals surface area contributed by atoms with Crippen LogP contribution in [0.3, 0.4) is 0 Å². The fraction of sp³-hybridized carbons (Fsp3) is 0.429. The molecule has 30 heavy (non-hydrogen) atoms. The van der Waals surface area contributed by atoms with Crippen molar-refractivity contribution >= 4 is 29.0 Å². The van der Waals surface area contributed by atoms with E-state index in [0.29, 0.717) is 36.8 Å². The zero-order valence-electron chi connectivity index (χ0n) is 17.4. The summed E-state index contributed by atoms with van der Waals surface area (Å²) in [6.07, 6.45) is -0.540. The van der Waals surface area contributed by atoms with Gasteiger partial charge in [-0.2, -0.15) is 0 Å². The van der Waals surface area contributed by atoms with Crippen LogP contribution in [0.1, 0.15) is 34.6 Å². The highest BCUT2D eigenvalue weighted by atomic mass is 32.1. The average Bonchev–Trinajstić information content (AvgIpc) is 3.08. The van der Waals surface area contributed by atoms with Crippen LogP contribution in [0.5, 0.6) is 5.75 Å². The molecule has 3 rings (SSSR count). The number of nitrogens with zero attached hydrogens (tertiary/aromatic N) is 2. The Balaban J connectivity index is 1.74. The summed E-state index contributed by atoms with van der Waals surface area (Å²) >= 11 is 1.22. The first-order valence-electron chi connectivity index (χ1n) is 9.81. The molecule has 0 aliphatic carbocycles. The first-order valence-corrected chi connectivity index (χ1v) is 10.7. The maximum absolute atomic E-state index is 12.9. The zero-order valence-corrected chi connectivity index (χ0v) is 18.2. The topological polar surface area (TPSA) is 91.3 Å². The Bertz CT molecular complexity index is 899. The van der Waals surface area contributed by atoms with E-state index in [-0.39, 0.29) is 6.03 Å². The summed E-state index contributed by atoms with van der Waals surface area (Å²) in [5.74, 6) is 0.271. The number of fused-ring (bicyclic) bond motifs is 1. The van der Waals surface area contributed by atoms with Crippen molar-refractivity contribution in [2.75, 3.05) is 32.1 Å². The minimum Gasteiger partial charge on any atom is -0.491 e. The largest absolute Gasteiger partial charge is 0.491 e. The molecule has 1 aliphatic heterocycles. The van der Waals surface area contributed by atoms with Gasteiger partial charge in [-0.3, -0.25) is 4.90 Å². The molecule has 0 radical (unpaired) electrons. The van der Waals surface area contributed by atoms with Crippen LogP contribution in [-0.2, 0) is 17.8 Å². The monoisotopic (exact) mass is 433 g/mol. The Morgan fingerprint density at radius 2 is 2.20 bits per heavy atom. The molecule has 1 aliphatic rings. The molecule has 0 saturated carbocycles. The molecule has 1 atom stereocenters. The summed E-state index contributed by atoms with van der Waals surface area (Å²) in [5.41, 5.74) is 2.37. The van der Waals surface area contributed by atoms with Crippen LogP contribution in [0.15, 0.2) is 29.6 Å². The molecule has 8 nitrogen and oxygen atoms in total. The standard InChI is InChI=1S/C21H27N3O5S/c1-4-23(14(2)25)12-15-5-6-18-16(11-15)13-24(8-9-29-18)21(27)22-17-7-10-30-19(17)20(26)28-3/h5-7,10-11,14,25H,4,8-9,12-13H2,1-3H3,(H,22,27). The summed E-state index contributed by atoms with van der Waals surface area (Å²) in [6, 6.07) is 7.28. The Morgan fingerprint density at radius 1 is 1.40 bits per heavy atom. The van der Waals surface area contributed by atoms with Gasteiger partial charge < -0.3 is 24.8 Å². The highest BCUT2D eigenvalue weighted by Crippen LogP contribution is 2.27. The van der Waals surface area contributed by atoms with E-state index >= 15 is 0 Å². The average molecular weight is 434 g/mol. The van der Waals surface area contributed by atoms with Crippen molar-refractivity contribution in [2.24, 2.45) is 0 Å². The SMILES string of the molecule is CCN(Cc1ccc2c(c1)CN(C(=O)Nc1ccsc1C(=O)OC)CCO2)C(C)O. The molecule has 0 bridgehead atoms. The van der Waals surface area contributed by atoms with Gasteiger partial charge in [0.25, 0.3) is 0 Å². The van der Waals surface area contributed by atoms with Gasteiger partial charge >= 0.3 is 12.0 Å². The number of benzene rings is 1. The van der Waals surface area contributed by atoms with Gasteiger partial charge in [0.2, 0.25) is 0 Å². The van der Waals surface area contributed by atoms with E-state index < -0.39 is 12.2 Å². The second-order valence-corrected chi connectivity index (χ2v) is 7.91. The van der Waals surface area contributed by atoms with Crippen LogP contribution in [0.25, 0.3) is 0 Å². The first-order chi connectivity index (χ1) is 14.4. The van der Waals surface area contributed by atoms with Crippen LogP contribution >= 0.6 is 11.3 Å². The molecule has 1 unspecified atom stereocenters. The van der Waals surface area contributed by atoms with Crippen molar-refractivity contribution in [3.05, 3.63) is 45.6 Å². The lowest BCUT2D eigenvalue weighted by molar-refractivity contribution is 0.0166. The summed E-state index contributed by atoms with van der Waals surface area (Å²) < 4.78 is 10.6. The van der Waals surface area contributed by atoms with E-state index in [2.05, 4.69) is 5.32 Å². The van der Waals surface area contributed by atoms with Crippen molar-refractivity contribution in [3.8, 4) is 5.75 Å². The lowest BCUT2D eigenvalue weighted by Crippen LogP contribution is -2.36. The molecule has 1 aromatic heterocycles. The number of carbonyl (C=O) groups excluding carboxylic acids is 2. The quantitative estimate of drug-likeness (QED) is 0.537. The van der Waals surface area contributed by atoms with E-state index in [9.17, 15) is 14.7 Å². The number of amides is 2. The normalized spacial score (nSPS) is 14.5. The number of hydrogen-bond donors (Lipinski definition) is 2. The van der Waals surface area contributed by atoms with Crippen molar-refractivity contribution < 1.29 is 24.2 Å². The Morgan fingerprint density at radius 3 is 2.90 bits per heavy atom. The molecule has 2 N–H and O–H groups in total. The van der Waals surface area contributed by atoms with E-state index in [0.717, 1.165) is 23.4 Å². The number of nitrogens with one attached hydrogen (secondary N) is 1. The molecule has 0 fully saturated rings. The zero-order chi connectivity index (χ0) is 21.7. The molecule has 2 amide bonds. The maximum atomic E-state index is 12.9. The van der Waals surface area contributed by atoms with Crippen molar-refractivity contribution in [3.63, 3.8) is 0 Å². The van der Waals surface area contributed by atoms with Crippen molar-refractivity contribution in [1.29, 1.82) is 0 Å². The van der Waals surface area contributed by atoms with E-state index in [1.165, 1.54) is 18.4 Å². The third kappa shape index (κ3) is 5.10. The first kappa shape index (κ1) is 22.1. The molecule has 162 valence electrons. The van der Waals surface area contributed by atoms with Crippen LogP contribution in [-0.4, -0.2) is 59.9 Å². The van der Waals surface area contributed by atoms with Crippen molar-refractivity contribution in [2.45, 2.75) is 33.2 Å². The molecule has 0 saturated heterocycles. The van der Waals surface area contributed by atoms with Crippen LogP contribution < -0.4 is 10.1 Å². The number of methoxy groups -OCH3 is 1. The van der Waals surface area contributed by atoms with E-state index in [4.69, 9.17) is 9.47 Å². The molecule has 0 spiro atoms. The van der Waals surface area contributed by atoms with Gasteiger partial charge in [0.15, 0.2) is 0 Å². The molecule has 2 aromatic rings. The van der Waals surface area contributed by atoms with Gasteiger partial charge in [0.1, 0.15) is 23.5 Å². The van der Waals surface area contributed by atoms with Crippen LogP contribution in [0.2, 0.25) is 0 Å². The number of hydrogen-bond acceptors (Lipinski definition) is 7. The van der Waals surface area contributed by atoms with Gasteiger partial charge in [0.05, 0.1) is 25.9 Å². The van der Waals surface area contributed by atoms with Gasteiger partial charge in [-0.15, -0.1) is 11.3 Å². The Kier molecular flexibility index (Phi) is 7.30. The number of esters is 1. The molecule has 2 heterocycles. The summed E-state index contributed by atoms with van der Waals surface area (Å²) in [5, 5.41) is 14.4. The lowest BCUT2D eigenvalue weighted by Gasteiger charge is -2.24. The van der Waals surface area contributed by atoms with Gasteiger partial charge in [0, 0.05) is 12.1 Å². The fourth-order valence-corrected chi connectivity index (χ4v) is 4.08. The minimum atomic E-state index is -0.540. The Hall–Kier alpha value is -2.62. The predicted molar refractivity (Wildman–Crippen MR) is 115 cm³/mol. The number of aliphatic hydroxyl groups is 1. The van der Waals surface area contributed by atoms with Gasteiger partial charge in [-0.05, 0) is 42.6 Å². The van der Waals surface area contributed by atoms with E-state index in [1.807, 2.05) is 30.0 Å².